The second-order valence-electron chi connectivity index (χ2n) is 5.92. The predicted molar refractivity (Wildman–Crippen MR) is 78.7 cm³/mol. The molecule has 0 aromatic heterocycles. The maximum absolute atomic E-state index is 12.8. The number of nitrogens with zero attached hydrogens (tertiary/aromatic N) is 2. The van der Waals surface area contributed by atoms with Gasteiger partial charge in [0.25, 0.3) is 0 Å². The fourth-order valence-corrected chi connectivity index (χ4v) is 2.70. The van der Waals surface area contributed by atoms with Gasteiger partial charge in [-0.05, 0) is 39.5 Å². The molecule has 1 N–H and O–H groups in total. The fraction of sp³-hybridized carbons (Fsp3) is 0.867. The number of urea groups is 1. The maximum atomic E-state index is 12.8. The van der Waals surface area contributed by atoms with Crippen LogP contribution in [-0.4, -0.2) is 51.6 Å². The van der Waals surface area contributed by atoms with Gasteiger partial charge in [-0.2, -0.15) is 0 Å². The van der Waals surface area contributed by atoms with Crippen LogP contribution in [0.1, 0.15) is 59.8 Å². The summed E-state index contributed by atoms with van der Waals surface area (Å²) in [5.74, 6) is -0.900. The Bertz CT molecular complexity index is 359. The molecule has 5 heteroatoms. The Hall–Kier alpha value is -1.26. The lowest BCUT2D eigenvalue weighted by atomic mass is 9.99. The largest absolute Gasteiger partial charge is 0.480 e. The minimum Gasteiger partial charge on any atom is -0.480 e. The zero-order chi connectivity index (χ0) is 15.3. The van der Waals surface area contributed by atoms with Crippen LogP contribution in [-0.2, 0) is 4.79 Å². The zero-order valence-corrected chi connectivity index (χ0v) is 13.2. The van der Waals surface area contributed by atoms with Crippen molar-refractivity contribution < 1.29 is 14.7 Å². The van der Waals surface area contributed by atoms with E-state index in [1.165, 1.54) is 0 Å². The quantitative estimate of drug-likeness (QED) is 0.815. The Balaban J connectivity index is 2.90. The normalized spacial score (nSPS) is 23.7. The Morgan fingerprint density at radius 1 is 1.40 bits per heavy atom. The van der Waals surface area contributed by atoms with E-state index < -0.39 is 11.5 Å². The average molecular weight is 284 g/mol. The van der Waals surface area contributed by atoms with Crippen molar-refractivity contribution in [1.82, 2.24) is 9.80 Å². The minimum atomic E-state index is -1.05. The molecule has 2 unspecified atom stereocenters. The number of likely N-dealkylation sites (tertiary alicyclic amines) is 1. The molecular weight excluding hydrogens is 256 g/mol. The number of hydrogen-bond acceptors (Lipinski definition) is 2. The molecule has 0 aliphatic carbocycles. The van der Waals surface area contributed by atoms with Gasteiger partial charge < -0.3 is 14.9 Å². The van der Waals surface area contributed by atoms with E-state index in [1.807, 2.05) is 11.8 Å². The molecule has 0 spiro atoms. The van der Waals surface area contributed by atoms with E-state index in [0.717, 1.165) is 25.7 Å². The molecule has 0 bridgehead atoms. The summed E-state index contributed by atoms with van der Waals surface area (Å²) in [4.78, 5) is 27.7. The Morgan fingerprint density at radius 3 is 2.55 bits per heavy atom. The van der Waals surface area contributed by atoms with Crippen LogP contribution in [0.15, 0.2) is 0 Å². The van der Waals surface area contributed by atoms with Gasteiger partial charge >= 0.3 is 12.0 Å². The highest BCUT2D eigenvalue weighted by molar-refractivity contribution is 5.86. The molecule has 2 atom stereocenters. The highest BCUT2D eigenvalue weighted by atomic mass is 16.4. The van der Waals surface area contributed by atoms with Crippen molar-refractivity contribution in [2.45, 2.75) is 71.4 Å². The van der Waals surface area contributed by atoms with Crippen molar-refractivity contribution in [3.05, 3.63) is 0 Å². The summed E-state index contributed by atoms with van der Waals surface area (Å²) < 4.78 is 0. The molecule has 1 heterocycles. The highest BCUT2D eigenvalue weighted by Gasteiger charge is 2.47. The summed E-state index contributed by atoms with van der Waals surface area (Å²) in [5, 5.41) is 9.43. The van der Waals surface area contributed by atoms with Crippen LogP contribution in [0.4, 0.5) is 4.79 Å². The van der Waals surface area contributed by atoms with Crippen LogP contribution >= 0.6 is 0 Å². The van der Waals surface area contributed by atoms with Gasteiger partial charge in [0.05, 0.1) is 0 Å². The summed E-state index contributed by atoms with van der Waals surface area (Å²) in [6.45, 7) is 9.08. The maximum Gasteiger partial charge on any atom is 0.329 e. The predicted octanol–water partition coefficient (Wildman–Crippen LogP) is 2.95. The lowest BCUT2D eigenvalue weighted by Gasteiger charge is -2.38. The molecular formula is C15H28N2O3. The molecule has 0 aromatic carbocycles. The van der Waals surface area contributed by atoms with E-state index in [4.69, 9.17) is 0 Å². The van der Waals surface area contributed by atoms with Gasteiger partial charge in [-0.1, -0.05) is 20.3 Å². The van der Waals surface area contributed by atoms with Crippen LogP contribution in [0.5, 0.6) is 0 Å². The Kier molecular flexibility index (Phi) is 5.84. The summed E-state index contributed by atoms with van der Waals surface area (Å²) >= 11 is 0. The van der Waals surface area contributed by atoms with Crippen LogP contribution < -0.4 is 0 Å². The minimum absolute atomic E-state index is 0.116. The van der Waals surface area contributed by atoms with Crippen LogP contribution in [0, 0.1) is 0 Å². The van der Waals surface area contributed by atoms with Crippen molar-refractivity contribution >= 4 is 12.0 Å². The molecule has 1 rings (SSSR count). The van der Waals surface area contributed by atoms with E-state index >= 15 is 0 Å². The third-order valence-corrected chi connectivity index (χ3v) is 4.45. The van der Waals surface area contributed by atoms with E-state index in [9.17, 15) is 14.7 Å². The van der Waals surface area contributed by atoms with Crippen molar-refractivity contribution in [2.24, 2.45) is 0 Å². The van der Waals surface area contributed by atoms with Gasteiger partial charge in [-0.25, -0.2) is 9.59 Å². The van der Waals surface area contributed by atoms with Gasteiger partial charge in [0, 0.05) is 19.1 Å². The number of amides is 2. The topological polar surface area (TPSA) is 60.9 Å². The van der Waals surface area contributed by atoms with Gasteiger partial charge in [0.15, 0.2) is 0 Å². The number of rotatable bonds is 6. The molecule has 20 heavy (non-hydrogen) atoms. The number of carboxylic acid groups (broad SMARTS) is 1. The summed E-state index contributed by atoms with van der Waals surface area (Å²) in [5.41, 5.74) is -1.05. The first kappa shape index (κ1) is 16.8. The Morgan fingerprint density at radius 2 is 2.05 bits per heavy atom. The fourth-order valence-electron chi connectivity index (χ4n) is 2.70. The smallest absolute Gasteiger partial charge is 0.329 e. The highest BCUT2D eigenvalue weighted by Crippen LogP contribution is 2.31. The molecule has 116 valence electrons. The van der Waals surface area contributed by atoms with E-state index in [1.54, 1.807) is 11.8 Å². The molecule has 1 saturated heterocycles. The molecule has 1 aliphatic rings. The molecule has 0 aromatic rings. The average Bonchev–Trinajstić information content (AvgIpc) is 2.82. The van der Waals surface area contributed by atoms with E-state index in [0.29, 0.717) is 19.5 Å². The lowest BCUT2D eigenvalue weighted by Crippen LogP contribution is -2.56. The number of aliphatic carboxylic acids is 1. The molecule has 2 amide bonds. The zero-order valence-electron chi connectivity index (χ0n) is 13.2. The van der Waals surface area contributed by atoms with Crippen molar-refractivity contribution in [1.29, 1.82) is 0 Å². The van der Waals surface area contributed by atoms with Gasteiger partial charge in [-0.15, -0.1) is 0 Å². The third kappa shape index (κ3) is 3.25. The van der Waals surface area contributed by atoms with Gasteiger partial charge in [0.2, 0.25) is 0 Å². The summed E-state index contributed by atoms with van der Waals surface area (Å²) in [6, 6.07) is 0.0305. The van der Waals surface area contributed by atoms with Crippen molar-refractivity contribution in [3.63, 3.8) is 0 Å². The van der Waals surface area contributed by atoms with Gasteiger partial charge in [0.1, 0.15) is 5.54 Å². The summed E-state index contributed by atoms with van der Waals surface area (Å²) in [6.07, 6.45) is 4.16. The van der Waals surface area contributed by atoms with Crippen LogP contribution in [0.25, 0.3) is 0 Å². The Labute approximate surface area is 121 Å². The first-order valence-corrected chi connectivity index (χ1v) is 7.70. The molecule has 1 fully saturated rings. The molecule has 1 aliphatic heterocycles. The number of hydrogen-bond donors (Lipinski definition) is 1. The standard InChI is InChI=1S/C15H28N2O3/c1-5-7-10-16(12(3)6-2)14(20)17-11-8-9-15(17,4)13(18)19/h12H,5-11H2,1-4H3,(H,18,19). The number of carboxylic acids is 1. The second-order valence-corrected chi connectivity index (χ2v) is 5.92. The van der Waals surface area contributed by atoms with Crippen LogP contribution in [0.2, 0.25) is 0 Å². The second kappa shape index (κ2) is 6.95. The third-order valence-electron chi connectivity index (χ3n) is 4.45. The van der Waals surface area contributed by atoms with Gasteiger partial charge in [-0.3, -0.25) is 0 Å². The first-order chi connectivity index (χ1) is 9.38. The lowest BCUT2D eigenvalue weighted by molar-refractivity contribution is -0.147. The molecule has 0 saturated carbocycles. The number of carbonyl (C=O) groups is 2. The molecule has 0 radical (unpaired) electrons. The number of unbranched alkanes of at least 4 members (excludes halogenated alkanes) is 1. The van der Waals surface area contributed by atoms with Crippen LogP contribution in [0.3, 0.4) is 0 Å². The van der Waals surface area contributed by atoms with E-state index in [-0.39, 0.29) is 12.1 Å². The number of carbonyl (C=O) groups excluding carboxylic acids is 1. The SMILES string of the molecule is CCCCN(C(=O)N1CCCC1(C)C(=O)O)C(C)CC. The molecule has 5 nitrogen and oxygen atoms in total. The van der Waals surface area contributed by atoms with Crippen molar-refractivity contribution in [3.8, 4) is 0 Å². The monoisotopic (exact) mass is 284 g/mol. The summed E-state index contributed by atoms with van der Waals surface area (Å²) in [7, 11) is 0. The van der Waals surface area contributed by atoms with Crippen molar-refractivity contribution in [2.75, 3.05) is 13.1 Å². The first-order valence-electron chi connectivity index (χ1n) is 7.70. The van der Waals surface area contributed by atoms with E-state index in [2.05, 4.69) is 13.8 Å².